The molecule has 0 saturated carbocycles. The molecule has 1 amide bonds. The molecule has 2 aromatic carbocycles. The Balaban J connectivity index is 2.05. The quantitative estimate of drug-likeness (QED) is 0.536. The van der Waals surface area contributed by atoms with Crippen LogP contribution >= 0.6 is 0 Å². The van der Waals surface area contributed by atoms with Crippen molar-refractivity contribution in [1.82, 2.24) is 9.62 Å². The summed E-state index contributed by atoms with van der Waals surface area (Å²) in [5.74, 6) is -0.00771. The zero-order chi connectivity index (χ0) is 23.0. The second-order valence-electron chi connectivity index (χ2n) is 7.37. The van der Waals surface area contributed by atoms with E-state index in [1.165, 1.54) is 35.2 Å². The maximum absolute atomic E-state index is 12.8. The van der Waals surface area contributed by atoms with Crippen LogP contribution in [0.5, 0.6) is 5.75 Å². The molecule has 170 valence electrons. The smallest absolute Gasteiger partial charge is 0.255 e. The van der Waals surface area contributed by atoms with Crippen molar-refractivity contribution in [3.63, 3.8) is 0 Å². The highest BCUT2D eigenvalue weighted by atomic mass is 32.2. The molecule has 0 unspecified atom stereocenters. The minimum atomic E-state index is -3.66. The molecule has 0 heterocycles. The van der Waals surface area contributed by atoms with Crippen molar-refractivity contribution in [3.8, 4) is 5.75 Å². The Kier molecular flexibility index (Phi) is 8.88. The monoisotopic (exact) mass is 447 g/mol. The van der Waals surface area contributed by atoms with Crippen LogP contribution in [-0.2, 0) is 16.4 Å². The van der Waals surface area contributed by atoms with E-state index in [0.717, 1.165) is 18.5 Å². The van der Waals surface area contributed by atoms with Crippen molar-refractivity contribution in [3.05, 3.63) is 53.6 Å². The van der Waals surface area contributed by atoms with E-state index in [4.69, 9.17) is 4.74 Å². The topological polar surface area (TPSA) is 78.9 Å². The Bertz CT molecular complexity index is 969. The summed E-state index contributed by atoms with van der Waals surface area (Å²) < 4.78 is 32.2. The molecule has 0 spiro atoms. The fourth-order valence-corrected chi connectivity index (χ4v) is 4.77. The van der Waals surface area contributed by atoms with E-state index in [-0.39, 0.29) is 16.4 Å². The average Bonchev–Trinajstić information content (AvgIpc) is 2.77. The lowest BCUT2D eigenvalue weighted by Crippen LogP contribution is -2.31. The van der Waals surface area contributed by atoms with Crippen LogP contribution in [0.15, 0.2) is 47.4 Å². The summed E-state index contributed by atoms with van der Waals surface area (Å²) in [6.07, 6.45) is 1.61. The van der Waals surface area contributed by atoms with Gasteiger partial charge in [-0.25, -0.2) is 8.42 Å². The maximum atomic E-state index is 12.8. The van der Waals surface area contributed by atoms with E-state index < -0.39 is 10.0 Å². The standard InChI is InChI=1S/C23H33N3O4S/c1-6-26(7-2)31(28,29)20-14-15-22(30-5)21(17-20)23(27)24-16-8-9-18-10-12-19(13-11-18)25(3)4/h10-15,17H,6-9,16H2,1-5H3,(H,24,27). The van der Waals surface area contributed by atoms with Crippen molar-refractivity contribution < 1.29 is 17.9 Å². The Hall–Kier alpha value is -2.58. The van der Waals surface area contributed by atoms with Gasteiger partial charge in [-0.15, -0.1) is 0 Å². The van der Waals surface area contributed by atoms with Gasteiger partial charge in [-0.3, -0.25) is 4.79 Å². The van der Waals surface area contributed by atoms with E-state index in [2.05, 4.69) is 29.6 Å². The molecule has 0 aromatic heterocycles. The van der Waals surface area contributed by atoms with Gasteiger partial charge >= 0.3 is 0 Å². The molecule has 31 heavy (non-hydrogen) atoms. The number of rotatable bonds is 11. The lowest BCUT2D eigenvalue weighted by Gasteiger charge is -2.19. The highest BCUT2D eigenvalue weighted by Gasteiger charge is 2.24. The predicted octanol–water partition coefficient (Wildman–Crippen LogP) is 3.15. The van der Waals surface area contributed by atoms with E-state index in [0.29, 0.717) is 25.4 Å². The summed E-state index contributed by atoms with van der Waals surface area (Å²) in [5, 5.41) is 2.87. The molecular formula is C23H33N3O4S. The minimum absolute atomic E-state index is 0.0862. The Morgan fingerprint density at radius 2 is 1.68 bits per heavy atom. The number of carbonyl (C=O) groups excluding carboxylic acids is 1. The molecule has 2 rings (SSSR count). The number of carbonyl (C=O) groups is 1. The van der Waals surface area contributed by atoms with Gasteiger partial charge in [0.1, 0.15) is 5.75 Å². The Morgan fingerprint density at radius 3 is 2.23 bits per heavy atom. The fourth-order valence-electron chi connectivity index (χ4n) is 3.29. The summed E-state index contributed by atoms with van der Waals surface area (Å²) in [5.41, 5.74) is 2.56. The number of hydrogen-bond acceptors (Lipinski definition) is 5. The van der Waals surface area contributed by atoms with Gasteiger partial charge in [0, 0.05) is 39.4 Å². The van der Waals surface area contributed by atoms with Gasteiger partial charge in [-0.1, -0.05) is 26.0 Å². The SMILES string of the molecule is CCN(CC)S(=O)(=O)c1ccc(OC)c(C(=O)NCCCc2ccc(N(C)C)cc2)c1. The molecule has 0 saturated heterocycles. The summed E-state index contributed by atoms with van der Waals surface area (Å²) in [6, 6.07) is 12.7. The first-order valence-electron chi connectivity index (χ1n) is 10.5. The van der Waals surface area contributed by atoms with Gasteiger partial charge in [0.05, 0.1) is 17.6 Å². The van der Waals surface area contributed by atoms with Crippen molar-refractivity contribution >= 4 is 21.6 Å². The molecular weight excluding hydrogens is 414 g/mol. The van der Waals surface area contributed by atoms with Gasteiger partial charge in [-0.05, 0) is 48.7 Å². The largest absolute Gasteiger partial charge is 0.496 e. The molecule has 2 aromatic rings. The molecule has 0 bridgehead atoms. The van der Waals surface area contributed by atoms with Crippen molar-refractivity contribution in [2.24, 2.45) is 0 Å². The lowest BCUT2D eigenvalue weighted by molar-refractivity contribution is 0.0950. The number of sulfonamides is 1. The fraction of sp³-hybridized carbons (Fsp3) is 0.435. The zero-order valence-corrected chi connectivity index (χ0v) is 19.8. The number of benzene rings is 2. The van der Waals surface area contributed by atoms with Crippen LogP contribution in [0.25, 0.3) is 0 Å². The molecule has 8 heteroatoms. The summed E-state index contributed by atoms with van der Waals surface area (Å²) >= 11 is 0. The molecule has 7 nitrogen and oxygen atoms in total. The Labute approximate surface area is 186 Å². The van der Waals surface area contributed by atoms with Crippen molar-refractivity contribution in [2.45, 2.75) is 31.6 Å². The molecule has 0 aliphatic carbocycles. The summed E-state index contributed by atoms with van der Waals surface area (Å²) in [7, 11) is 1.80. The Morgan fingerprint density at radius 1 is 1.03 bits per heavy atom. The van der Waals surface area contributed by atoms with Crippen LogP contribution in [0.1, 0.15) is 36.2 Å². The highest BCUT2D eigenvalue weighted by Crippen LogP contribution is 2.24. The number of methoxy groups -OCH3 is 1. The number of nitrogens with one attached hydrogen (secondary N) is 1. The second kappa shape index (κ2) is 11.2. The summed E-state index contributed by atoms with van der Waals surface area (Å²) in [6.45, 7) is 4.77. The van der Waals surface area contributed by atoms with Gasteiger partial charge in [0.15, 0.2) is 0 Å². The number of amides is 1. The zero-order valence-electron chi connectivity index (χ0n) is 19.0. The third-order valence-electron chi connectivity index (χ3n) is 5.14. The van der Waals surface area contributed by atoms with E-state index in [1.54, 1.807) is 13.8 Å². The molecule has 0 aliphatic rings. The van der Waals surface area contributed by atoms with Crippen LogP contribution in [0, 0.1) is 0 Å². The number of ether oxygens (including phenoxy) is 1. The summed E-state index contributed by atoms with van der Waals surface area (Å²) in [4.78, 5) is 14.9. The molecule has 0 aliphatic heterocycles. The van der Waals surface area contributed by atoms with Gasteiger partial charge < -0.3 is 15.0 Å². The van der Waals surface area contributed by atoms with Crippen LogP contribution in [-0.4, -0.2) is 59.5 Å². The molecule has 0 radical (unpaired) electrons. The van der Waals surface area contributed by atoms with E-state index in [1.807, 2.05) is 19.0 Å². The number of anilines is 1. The molecule has 0 fully saturated rings. The van der Waals surface area contributed by atoms with Gasteiger partial charge in [0.2, 0.25) is 10.0 Å². The normalized spacial score (nSPS) is 11.4. The number of aryl methyl sites for hydroxylation is 1. The van der Waals surface area contributed by atoms with E-state index >= 15 is 0 Å². The first-order valence-corrected chi connectivity index (χ1v) is 11.9. The second-order valence-corrected chi connectivity index (χ2v) is 9.31. The van der Waals surface area contributed by atoms with Gasteiger partial charge in [-0.2, -0.15) is 4.31 Å². The third-order valence-corrected chi connectivity index (χ3v) is 7.19. The first-order chi connectivity index (χ1) is 14.7. The number of hydrogen-bond donors (Lipinski definition) is 1. The molecule has 0 atom stereocenters. The predicted molar refractivity (Wildman–Crippen MR) is 125 cm³/mol. The highest BCUT2D eigenvalue weighted by molar-refractivity contribution is 7.89. The van der Waals surface area contributed by atoms with Gasteiger partial charge in [0.25, 0.3) is 5.91 Å². The van der Waals surface area contributed by atoms with Crippen LogP contribution in [0.3, 0.4) is 0 Å². The lowest BCUT2D eigenvalue weighted by atomic mass is 10.1. The number of nitrogens with zero attached hydrogens (tertiary/aromatic N) is 2. The van der Waals surface area contributed by atoms with Crippen LogP contribution in [0.2, 0.25) is 0 Å². The average molecular weight is 448 g/mol. The molecule has 1 N–H and O–H groups in total. The van der Waals surface area contributed by atoms with E-state index in [9.17, 15) is 13.2 Å². The minimum Gasteiger partial charge on any atom is -0.496 e. The van der Waals surface area contributed by atoms with Crippen molar-refractivity contribution in [1.29, 1.82) is 0 Å². The third kappa shape index (κ3) is 6.21. The van der Waals surface area contributed by atoms with Crippen molar-refractivity contribution in [2.75, 3.05) is 45.7 Å². The van der Waals surface area contributed by atoms with Crippen LogP contribution in [0.4, 0.5) is 5.69 Å². The first kappa shape index (κ1) is 24.7. The maximum Gasteiger partial charge on any atom is 0.255 e. The van der Waals surface area contributed by atoms with Crippen LogP contribution < -0.4 is 15.0 Å².